The second kappa shape index (κ2) is 9.57. The van der Waals surface area contributed by atoms with E-state index in [0.717, 1.165) is 72.3 Å². The first kappa shape index (κ1) is 25.3. The predicted molar refractivity (Wildman–Crippen MR) is 174 cm³/mol. The molecule has 0 bridgehead atoms. The number of hydrogen-bond donors (Lipinski definition) is 0. The molecule has 0 saturated heterocycles. The predicted octanol–water partition coefficient (Wildman–Crippen LogP) is 10.2. The molecule has 4 aromatic carbocycles. The van der Waals surface area contributed by atoms with Crippen molar-refractivity contribution in [2.75, 3.05) is 0 Å². The van der Waals surface area contributed by atoms with Gasteiger partial charge in [-0.1, -0.05) is 57.2 Å². The molecular weight excluding hydrogens is 530 g/mol. The van der Waals surface area contributed by atoms with E-state index in [1.165, 1.54) is 5.56 Å². The molecule has 0 fully saturated rings. The summed E-state index contributed by atoms with van der Waals surface area (Å²) < 4.78 is 15.1. The van der Waals surface area contributed by atoms with Crippen LogP contribution < -0.4 is 4.74 Å². The average Bonchev–Trinajstić information content (AvgIpc) is 3.56. The van der Waals surface area contributed by atoms with Crippen molar-refractivity contribution in [1.29, 1.82) is 0 Å². The van der Waals surface area contributed by atoms with Gasteiger partial charge in [-0.3, -0.25) is 9.55 Å². The lowest BCUT2D eigenvalue weighted by molar-refractivity contribution is 0.483. The lowest BCUT2D eigenvalue weighted by Crippen LogP contribution is -2.12. The number of pyridine rings is 2. The van der Waals surface area contributed by atoms with Crippen molar-refractivity contribution in [2.45, 2.75) is 26.2 Å². The number of nitrogens with zero attached hydrogens (tertiary/aromatic N) is 3. The first-order valence-corrected chi connectivity index (χ1v) is 14.5. The highest BCUT2D eigenvalue weighted by atomic mass is 16.5. The second-order valence-electron chi connectivity index (χ2n) is 11.9. The van der Waals surface area contributed by atoms with Crippen molar-refractivity contribution >= 4 is 43.7 Å². The molecule has 8 aromatic rings. The topological polar surface area (TPSA) is 53.1 Å². The number of aromatic nitrogens is 3. The summed E-state index contributed by atoms with van der Waals surface area (Å²) in [5.74, 6) is 2.36. The third-order valence-electron chi connectivity index (χ3n) is 8.11. The van der Waals surface area contributed by atoms with Crippen LogP contribution in [0, 0.1) is 0 Å². The van der Waals surface area contributed by atoms with Gasteiger partial charge in [0.05, 0.1) is 22.1 Å². The highest BCUT2D eigenvalue weighted by Gasteiger charge is 2.22. The number of ether oxygens (including phenoxy) is 1. The van der Waals surface area contributed by atoms with Crippen LogP contribution >= 0.6 is 0 Å². The van der Waals surface area contributed by atoms with Gasteiger partial charge in [0, 0.05) is 40.2 Å². The van der Waals surface area contributed by atoms with Gasteiger partial charge in [-0.15, -0.1) is 0 Å². The Kier molecular flexibility index (Phi) is 5.63. The van der Waals surface area contributed by atoms with E-state index in [2.05, 4.69) is 78.9 Å². The van der Waals surface area contributed by atoms with E-state index in [1.807, 2.05) is 66.9 Å². The van der Waals surface area contributed by atoms with Gasteiger partial charge >= 0.3 is 0 Å². The Hall–Kier alpha value is -5.42. The Morgan fingerprint density at radius 2 is 1.49 bits per heavy atom. The van der Waals surface area contributed by atoms with Gasteiger partial charge in [0.1, 0.15) is 28.5 Å². The summed E-state index contributed by atoms with van der Waals surface area (Å²) in [6.07, 6.45) is 3.71. The molecule has 0 aliphatic carbocycles. The van der Waals surface area contributed by atoms with Crippen LogP contribution in [-0.4, -0.2) is 14.5 Å². The maximum absolute atomic E-state index is 6.48. The molecule has 0 saturated carbocycles. The molecule has 8 rings (SSSR count). The van der Waals surface area contributed by atoms with Crippen molar-refractivity contribution in [1.82, 2.24) is 14.5 Å². The monoisotopic (exact) mass is 559 g/mol. The zero-order chi connectivity index (χ0) is 29.1. The fraction of sp³-hybridized carbons (Fsp3) is 0.105. The molecule has 208 valence electrons. The lowest BCUT2D eigenvalue weighted by Gasteiger charge is -2.20. The van der Waals surface area contributed by atoms with Crippen LogP contribution in [0.15, 0.2) is 126 Å². The molecule has 0 spiro atoms. The molecule has 0 atom stereocenters. The Labute approximate surface area is 249 Å². The van der Waals surface area contributed by atoms with Crippen molar-refractivity contribution in [3.05, 3.63) is 127 Å². The van der Waals surface area contributed by atoms with E-state index >= 15 is 0 Å². The molecule has 4 aromatic heterocycles. The number of para-hydroxylation sites is 1. The SMILES string of the molecule is CC(C)(C)c1ccnc(-n2c3cc(Oc4cccc(-c5ccccn5)c4)ccc3c3ccc4oc5ccccc5c4c32)c1. The van der Waals surface area contributed by atoms with Gasteiger partial charge in [-0.25, -0.2) is 4.98 Å². The molecule has 0 radical (unpaired) electrons. The van der Waals surface area contributed by atoms with Crippen molar-refractivity contribution < 1.29 is 9.15 Å². The second-order valence-corrected chi connectivity index (χ2v) is 11.9. The lowest BCUT2D eigenvalue weighted by atomic mass is 9.88. The molecule has 5 nitrogen and oxygen atoms in total. The minimum atomic E-state index is -0.0268. The van der Waals surface area contributed by atoms with Gasteiger partial charge < -0.3 is 9.15 Å². The maximum atomic E-state index is 6.48. The Morgan fingerprint density at radius 1 is 0.651 bits per heavy atom. The fourth-order valence-electron chi connectivity index (χ4n) is 5.99. The molecule has 0 aliphatic heterocycles. The van der Waals surface area contributed by atoms with Gasteiger partial charge in [-0.05, 0) is 77.7 Å². The van der Waals surface area contributed by atoms with Crippen LogP contribution in [0.25, 0.3) is 60.8 Å². The van der Waals surface area contributed by atoms with Gasteiger partial charge in [0.25, 0.3) is 0 Å². The van der Waals surface area contributed by atoms with Crippen LogP contribution in [0.1, 0.15) is 26.3 Å². The molecule has 5 heteroatoms. The molecule has 43 heavy (non-hydrogen) atoms. The molecule has 0 unspecified atom stereocenters. The van der Waals surface area contributed by atoms with Gasteiger partial charge in [0.15, 0.2) is 0 Å². The highest BCUT2D eigenvalue weighted by molar-refractivity contribution is 6.24. The molecule has 4 heterocycles. The third-order valence-corrected chi connectivity index (χ3v) is 8.11. The van der Waals surface area contributed by atoms with Gasteiger partial charge in [0.2, 0.25) is 0 Å². The first-order valence-electron chi connectivity index (χ1n) is 14.5. The summed E-state index contributed by atoms with van der Waals surface area (Å²) in [4.78, 5) is 9.41. The zero-order valence-electron chi connectivity index (χ0n) is 24.2. The number of rotatable bonds is 4. The maximum Gasteiger partial charge on any atom is 0.137 e. The van der Waals surface area contributed by atoms with Gasteiger partial charge in [-0.2, -0.15) is 0 Å². The van der Waals surface area contributed by atoms with Crippen LogP contribution in [0.4, 0.5) is 0 Å². The number of benzene rings is 4. The van der Waals surface area contributed by atoms with E-state index in [4.69, 9.17) is 14.1 Å². The smallest absolute Gasteiger partial charge is 0.137 e. The van der Waals surface area contributed by atoms with E-state index in [0.29, 0.717) is 0 Å². The summed E-state index contributed by atoms with van der Waals surface area (Å²) in [7, 11) is 0. The van der Waals surface area contributed by atoms with Crippen molar-refractivity contribution in [2.24, 2.45) is 0 Å². The standard InChI is InChI=1S/C38H29N3O2/c1-38(2,3)25-18-20-40-35(22-25)41-32-23-27(42-26-10-8-9-24(21-26)31-12-6-7-19-39-31)14-15-28(32)29-16-17-34-36(37(29)41)30-11-4-5-13-33(30)43-34/h4-23H,1-3H3. The third kappa shape index (κ3) is 4.24. The first-order chi connectivity index (χ1) is 20.9. The number of hydrogen-bond acceptors (Lipinski definition) is 4. The average molecular weight is 560 g/mol. The summed E-state index contributed by atoms with van der Waals surface area (Å²) >= 11 is 0. The Bertz CT molecular complexity index is 2310. The molecular formula is C38H29N3O2. The fourth-order valence-corrected chi connectivity index (χ4v) is 5.99. The minimum Gasteiger partial charge on any atom is -0.457 e. The van der Waals surface area contributed by atoms with E-state index in [1.54, 1.807) is 6.20 Å². The normalized spacial score (nSPS) is 12.1. The van der Waals surface area contributed by atoms with Crippen LogP contribution in [0.5, 0.6) is 11.5 Å². The number of furan rings is 1. The number of fused-ring (bicyclic) bond motifs is 7. The molecule has 0 aliphatic rings. The Balaban J connectivity index is 1.37. The highest BCUT2D eigenvalue weighted by Crippen LogP contribution is 2.42. The summed E-state index contributed by atoms with van der Waals surface area (Å²) in [5.41, 5.74) is 6.92. The van der Waals surface area contributed by atoms with Crippen LogP contribution in [-0.2, 0) is 5.41 Å². The summed E-state index contributed by atoms with van der Waals surface area (Å²) in [5, 5.41) is 4.43. The van der Waals surface area contributed by atoms with Crippen molar-refractivity contribution in [3.8, 4) is 28.6 Å². The van der Waals surface area contributed by atoms with Crippen molar-refractivity contribution in [3.63, 3.8) is 0 Å². The minimum absolute atomic E-state index is 0.0268. The zero-order valence-corrected chi connectivity index (χ0v) is 24.2. The summed E-state index contributed by atoms with van der Waals surface area (Å²) in [6, 6.07) is 37.0. The Morgan fingerprint density at radius 3 is 2.35 bits per heavy atom. The summed E-state index contributed by atoms with van der Waals surface area (Å²) in [6.45, 7) is 6.68. The van der Waals surface area contributed by atoms with Crippen LogP contribution in [0.3, 0.4) is 0 Å². The molecule has 0 amide bonds. The van der Waals surface area contributed by atoms with E-state index in [9.17, 15) is 0 Å². The van der Waals surface area contributed by atoms with Crippen LogP contribution in [0.2, 0.25) is 0 Å². The quantitative estimate of drug-likeness (QED) is 0.215. The van der Waals surface area contributed by atoms with E-state index in [-0.39, 0.29) is 5.41 Å². The largest absolute Gasteiger partial charge is 0.457 e. The molecule has 0 N–H and O–H groups in total. The van der Waals surface area contributed by atoms with E-state index < -0.39 is 0 Å².